The third-order valence-electron chi connectivity index (χ3n) is 0. The molecule has 12 nitrogen and oxygen atoms in total. The normalized spacial score (nSPS) is 5.54. The fourth-order valence-electron chi connectivity index (χ4n) is 0. The van der Waals surface area contributed by atoms with E-state index < -0.39 is 15.3 Å². The maximum absolute atomic E-state index is 8.47. The summed E-state index contributed by atoms with van der Waals surface area (Å²) < 4.78 is 0. The first kappa shape index (κ1) is 22.5. The summed E-state index contributed by atoms with van der Waals surface area (Å²) in [7, 11) is 0. The van der Waals surface area contributed by atoms with Crippen LogP contribution in [0.4, 0.5) is 0 Å². The van der Waals surface area contributed by atoms with Crippen LogP contribution in [0.3, 0.4) is 0 Å². The molecule has 0 bridgehead atoms. The van der Waals surface area contributed by atoms with Crippen molar-refractivity contribution in [2.45, 2.75) is 0 Å². The molecule has 0 fully saturated rings. The molecule has 0 heterocycles. The van der Waals surface area contributed by atoms with E-state index >= 15 is 0 Å². The second-order valence-corrected chi connectivity index (χ2v) is 0.758. The molecule has 6 N–H and O–H groups in total. The number of hydrogen-bond acceptors (Lipinski definition) is 3. The molecular formula is H6AgN3O9+3. The molecule has 0 unspecified atom stereocenters. The van der Waals surface area contributed by atoms with Crippen LogP contribution in [0.2, 0.25) is 0 Å². The van der Waals surface area contributed by atoms with Gasteiger partial charge in [0.25, 0.3) is 0 Å². The van der Waals surface area contributed by atoms with Gasteiger partial charge in [-0.25, -0.2) is 31.2 Å². The van der Waals surface area contributed by atoms with Crippen LogP contribution in [0, 0.1) is 14.7 Å². The zero-order chi connectivity index (χ0) is 10.7. The summed E-state index contributed by atoms with van der Waals surface area (Å²) >= 11 is 0. The number of nitrogens with zero attached hydrogens (tertiary/aromatic N) is 3. The standard InChI is InChI=1S/Ag.3H2NO3/c;3*2-1(3)4/h;3*(H2,2,3,4)/q;3*+1. The molecule has 0 aliphatic rings. The van der Waals surface area contributed by atoms with E-state index in [1.165, 1.54) is 0 Å². The van der Waals surface area contributed by atoms with E-state index in [-0.39, 0.29) is 22.4 Å². The molecule has 0 aromatic heterocycles. The van der Waals surface area contributed by atoms with Crippen molar-refractivity contribution in [3.63, 3.8) is 0 Å². The summed E-state index contributed by atoms with van der Waals surface area (Å²) in [6.45, 7) is 0. The van der Waals surface area contributed by atoms with E-state index in [1.807, 2.05) is 0 Å². The zero-order valence-electron chi connectivity index (χ0n) is 5.55. The van der Waals surface area contributed by atoms with Crippen LogP contribution < -0.4 is 0 Å². The van der Waals surface area contributed by atoms with Crippen LogP contribution in [0.25, 0.3) is 0 Å². The SMILES string of the molecule is O=[N+](O)O.O=[N+](O)O.O=[N+](O)O.[Ag]. The third kappa shape index (κ3) is 261. The van der Waals surface area contributed by atoms with Crippen molar-refractivity contribution in [3.8, 4) is 0 Å². The maximum Gasteiger partial charge on any atom is 0.472 e. The van der Waals surface area contributed by atoms with Gasteiger partial charge in [0.1, 0.15) is 14.7 Å². The van der Waals surface area contributed by atoms with Crippen molar-refractivity contribution in [2.75, 3.05) is 0 Å². The van der Waals surface area contributed by atoms with Gasteiger partial charge in [0.15, 0.2) is 0 Å². The average Bonchev–Trinajstić information content (AvgIpc) is 1.54. The second-order valence-electron chi connectivity index (χ2n) is 0.758. The van der Waals surface area contributed by atoms with Crippen molar-refractivity contribution < 1.29 is 68.9 Å². The molecule has 13 heteroatoms. The van der Waals surface area contributed by atoms with Crippen molar-refractivity contribution >= 4 is 0 Å². The van der Waals surface area contributed by atoms with Gasteiger partial charge in [0, 0.05) is 22.4 Å². The summed E-state index contributed by atoms with van der Waals surface area (Å²) in [5.74, 6) is 0. The average molecular weight is 300 g/mol. The summed E-state index contributed by atoms with van der Waals surface area (Å²) in [6, 6.07) is 0. The fourth-order valence-corrected chi connectivity index (χ4v) is 0. The van der Waals surface area contributed by atoms with Crippen LogP contribution in [0.5, 0.6) is 0 Å². The van der Waals surface area contributed by atoms with Crippen molar-refractivity contribution in [1.82, 2.24) is 0 Å². The summed E-state index contributed by atoms with van der Waals surface area (Å²) in [5.41, 5.74) is 0. The molecule has 0 atom stereocenters. The first-order chi connectivity index (χ1) is 5.20. The Morgan fingerprint density at radius 1 is 0.538 bits per heavy atom. The minimum Gasteiger partial charge on any atom is -0.201 e. The quantitative estimate of drug-likeness (QED) is 0.232. The minimum absolute atomic E-state index is 0. The van der Waals surface area contributed by atoms with Crippen molar-refractivity contribution in [1.29, 1.82) is 0 Å². The summed E-state index contributed by atoms with van der Waals surface area (Å²) in [4.78, 5) is 25.4. The van der Waals surface area contributed by atoms with E-state index in [2.05, 4.69) is 0 Å². The summed E-state index contributed by atoms with van der Waals surface area (Å²) in [5, 5.41) is 37.6. The Kier molecular flexibility index (Phi) is 29.0. The molecule has 0 aromatic carbocycles. The molecule has 0 saturated heterocycles. The smallest absolute Gasteiger partial charge is 0.201 e. The molecule has 0 amide bonds. The maximum atomic E-state index is 8.47. The topological polar surface area (TPSA) is 182 Å². The minimum atomic E-state index is -1.25. The molecule has 1 radical (unpaired) electrons. The van der Waals surface area contributed by atoms with E-state index in [4.69, 9.17) is 46.0 Å². The molecule has 0 saturated carbocycles. The zero-order valence-corrected chi connectivity index (χ0v) is 7.03. The molecule has 0 aromatic rings. The van der Waals surface area contributed by atoms with Gasteiger partial charge in [-0.2, -0.15) is 0 Å². The first-order valence-corrected chi connectivity index (χ1v) is 1.75. The third-order valence-corrected chi connectivity index (χ3v) is 0. The van der Waals surface area contributed by atoms with Gasteiger partial charge in [-0.15, -0.1) is 0 Å². The molecule has 83 valence electrons. The molecule has 0 spiro atoms. The predicted octanol–water partition coefficient (Wildman–Crippen LogP) is -1.37. The van der Waals surface area contributed by atoms with Gasteiger partial charge in [0.05, 0.1) is 0 Å². The molecule has 13 heavy (non-hydrogen) atoms. The Balaban J connectivity index is -0.0000000450. The largest absolute Gasteiger partial charge is 0.472 e. The Bertz CT molecular complexity index is 112. The number of hydrogen-bond donors (Lipinski definition) is 6. The Labute approximate surface area is 84.2 Å². The predicted molar refractivity (Wildman–Crippen MR) is 21.6 cm³/mol. The Hall–Kier alpha value is -1.66. The van der Waals surface area contributed by atoms with Crippen LogP contribution in [0.15, 0.2) is 0 Å². The molecule has 0 aliphatic heterocycles. The Morgan fingerprint density at radius 3 is 0.538 bits per heavy atom. The first-order valence-electron chi connectivity index (χ1n) is 1.75. The van der Waals surface area contributed by atoms with Crippen LogP contribution in [0.1, 0.15) is 0 Å². The molecule has 0 aliphatic carbocycles. The van der Waals surface area contributed by atoms with Crippen LogP contribution in [-0.2, 0) is 22.4 Å². The van der Waals surface area contributed by atoms with E-state index in [1.54, 1.807) is 0 Å². The Morgan fingerprint density at radius 2 is 0.538 bits per heavy atom. The van der Waals surface area contributed by atoms with Gasteiger partial charge in [-0.3, -0.25) is 0 Å². The van der Waals surface area contributed by atoms with Crippen molar-refractivity contribution in [2.24, 2.45) is 0 Å². The van der Waals surface area contributed by atoms with E-state index in [0.29, 0.717) is 0 Å². The van der Waals surface area contributed by atoms with Gasteiger partial charge in [-0.1, -0.05) is 0 Å². The fraction of sp³-hybridized carbons (Fsp3) is 0. The van der Waals surface area contributed by atoms with Crippen LogP contribution in [-0.4, -0.2) is 46.5 Å². The van der Waals surface area contributed by atoms with Crippen LogP contribution >= 0.6 is 0 Å². The van der Waals surface area contributed by atoms with Gasteiger partial charge in [0.2, 0.25) is 0 Å². The van der Waals surface area contributed by atoms with Gasteiger partial charge >= 0.3 is 15.3 Å². The monoisotopic (exact) mass is 299 g/mol. The molecular weight excluding hydrogens is 294 g/mol. The molecule has 0 rings (SSSR count). The van der Waals surface area contributed by atoms with E-state index in [9.17, 15) is 0 Å². The second kappa shape index (κ2) is 16.7. The van der Waals surface area contributed by atoms with E-state index in [0.717, 1.165) is 0 Å². The number of rotatable bonds is 0. The van der Waals surface area contributed by atoms with Gasteiger partial charge in [-0.05, 0) is 0 Å². The van der Waals surface area contributed by atoms with Crippen molar-refractivity contribution in [3.05, 3.63) is 14.7 Å². The summed E-state index contributed by atoms with van der Waals surface area (Å²) in [6.07, 6.45) is 0. The van der Waals surface area contributed by atoms with Gasteiger partial charge < -0.3 is 0 Å².